The Morgan fingerprint density at radius 2 is 1.81 bits per heavy atom. The van der Waals surface area contributed by atoms with Gasteiger partial charge < -0.3 is 24.0 Å². The number of aromatic nitrogens is 1. The van der Waals surface area contributed by atoms with Gasteiger partial charge in [0.2, 0.25) is 0 Å². The van der Waals surface area contributed by atoms with Crippen LogP contribution in [0.5, 0.6) is 0 Å². The highest BCUT2D eigenvalue weighted by Crippen LogP contribution is 2.42. The van der Waals surface area contributed by atoms with Crippen LogP contribution in [0, 0.1) is 12.8 Å². The molecule has 7 heteroatoms. The van der Waals surface area contributed by atoms with Crippen molar-refractivity contribution in [3.63, 3.8) is 0 Å². The number of anilines is 2. The van der Waals surface area contributed by atoms with Crippen molar-refractivity contribution in [2.75, 3.05) is 62.7 Å². The minimum Gasteiger partial charge on any atom is -0.465 e. The van der Waals surface area contributed by atoms with E-state index in [4.69, 9.17) is 4.74 Å². The molecule has 7 nitrogen and oxygen atoms in total. The summed E-state index contributed by atoms with van der Waals surface area (Å²) < 4.78 is 7.27. The summed E-state index contributed by atoms with van der Waals surface area (Å²) in [6.45, 7) is 11.1. The maximum atomic E-state index is 13.1. The lowest BCUT2D eigenvalue weighted by Gasteiger charge is -2.38. The SMILES string of the molecule is CCOC(=O)C1CN(CC)c2c(c(C)n(C)c2N2CCN(C)CC2)C1=O. The summed E-state index contributed by atoms with van der Waals surface area (Å²) in [5, 5.41) is 0. The Bertz CT molecular complexity index is 704. The van der Waals surface area contributed by atoms with Crippen molar-refractivity contribution in [3.05, 3.63) is 11.3 Å². The van der Waals surface area contributed by atoms with E-state index >= 15 is 0 Å². The molecular weight excluding hydrogens is 332 g/mol. The van der Waals surface area contributed by atoms with Crippen molar-refractivity contribution in [2.24, 2.45) is 13.0 Å². The Kier molecular flexibility index (Phi) is 5.27. The van der Waals surface area contributed by atoms with E-state index in [1.54, 1.807) is 6.92 Å². The van der Waals surface area contributed by atoms with Gasteiger partial charge in [0.1, 0.15) is 11.7 Å². The van der Waals surface area contributed by atoms with Crippen molar-refractivity contribution < 1.29 is 14.3 Å². The third-order valence-corrected chi connectivity index (χ3v) is 5.67. The molecule has 0 aromatic carbocycles. The van der Waals surface area contributed by atoms with E-state index in [2.05, 4.69) is 33.2 Å². The Labute approximate surface area is 155 Å². The van der Waals surface area contributed by atoms with Crippen molar-refractivity contribution in [3.8, 4) is 0 Å². The van der Waals surface area contributed by atoms with Crippen molar-refractivity contribution >= 4 is 23.3 Å². The molecule has 1 unspecified atom stereocenters. The number of likely N-dealkylation sites (N-methyl/N-ethyl adjacent to an activating group) is 1. The molecule has 0 spiro atoms. The third kappa shape index (κ3) is 2.98. The van der Waals surface area contributed by atoms with Gasteiger partial charge in [-0.2, -0.15) is 0 Å². The van der Waals surface area contributed by atoms with Crippen molar-refractivity contribution in [1.82, 2.24) is 9.47 Å². The van der Waals surface area contributed by atoms with Gasteiger partial charge in [-0.25, -0.2) is 0 Å². The number of piperazine rings is 1. The predicted octanol–water partition coefficient (Wildman–Crippen LogP) is 1.29. The van der Waals surface area contributed by atoms with Crippen LogP contribution in [0.25, 0.3) is 0 Å². The number of carbonyl (C=O) groups is 2. The normalized spacial score (nSPS) is 21.1. The molecule has 144 valence electrons. The third-order valence-electron chi connectivity index (χ3n) is 5.67. The number of fused-ring (bicyclic) bond motifs is 1. The number of esters is 1. The van der Waals surface area contributed by atoms with Crippen LogP contribution in [0.3, 0.4) is 0 Å². The van der Waals surface area contributed by atoms with Gasteiger partial charge >= 0.3 is 5.97 Å². The number of Topliss-reactive ketones (excluding diaryl/α,β-unsaturated/α-hetero) is 1. The second kappa shape index (κ2) is 7.31. The summed E-state index contributed by atoms with van der Waals surface area (Å²) in [6.07, 6.45) is 0. The molecule has 3 heterocycles. The van der Waals surface area contributed by atoms with E-state index in [-0.39, 0.29) is 5.78 Å². The number of rotatable bonds is 4. The van der Waals surface area contributed by atoms with Crippen LogP contribution >= 0.6 is 0 Å². The van der Waals surface area contributed by atoms with Crippen LogP contribution in [0.1, 0.15) is 29.9 Å². The zero-order chi connectivity index (χ0) is 19.0. The molecule has 3 rings (SSSR count). The molecule has 1 aromatic heterocycles. The molecule has 0 bridgehead atoms. The number of hydrogen-bond donors (Lipinski definition) is 0. The number of ketones is 1. The Morgan fingerprint density at radius 3 is 2.38 bits per heavy atom. The average molecular weight is 362 g/mol. The second-order valence-corrected chi connectivity index (χ2v) is 7.19. The monoisotopic (exact) mass is 362 g/mol. The fourth-order valence-electron chi connectivity index (χ4n) is 4.02. The van der Waals surface area contributed by atoms with E-state index in [9.17, 15) is 9.59 Å². The van der Waals surface area contributed by atoms with Crippen molar-refractivity contribution in [1.29, 1.82) is 0 Å². The Morgan fingerprint density at radius 1 is 1.15 bits per heavy atom. The molecule has 1 atom stereocenters. The maximum Gasteiger partial charge on any atom is 0.318 e. The van der Waals surface area contributed by atoms with Crippen LogP contribution in [0.4, 0.5) is 11.5 Å². The molecule has 0 radical (unpaired) electrons. The minimum atomic E-state index is -0.733. The Hall–Kier alpha value is -2.02. The van der Waals surface area contributed by atoms with E-state index < -0.39 is 11.9 Å². The van der Waals surface area contributed by atoms with Gasteiger partial charge in [0.15, 0.2) is 5.78 Å². The summed E-state index contributed by atoms with van der Waals surface area (Å²) in [6, 6.07) is 0. The van der Waals surface area contributed by atoms with E-state index in [1.807, 2.05) is 14.0 Å². The number of nitrogens with zero attached hydrogens (tertiary/aromatic N) is 4. The summed E-state index contributed by atoms with van der Waals surface area (Å²) in [5.74, 6) is -0.144. The lowest BCUT2D eigenvalue weighted by molar-refractivity contribution is -0.145. The molecule has 2 aliphatic heterocycles. The van der Waals surface area contributed by atoms with Crippen LogP contribution in [-0.2, 0) is 16.6 Å². The minimum absolute atomic E-state index is 0.100. The number of carbonyl (C=O) groups excluding carboxylic acids is 2. The molecule has 1 saturated heterocycles. The van der Waals surface area contributed by atoms with Gasteiger partial charge in [0.05, 0.1) is 17.9 Å². The first-order valence-electron chi connectivity index (χ1n) is 9.49. The van der Waals surface area contributed by atoms with Gasteiger partial charge in [0.25, 0.3) is 0 Å². The summed E-state index contributed by atoms with van der Waals surface area (Å²) in [5.41, 5.74) is 2.60. The molecule has 0 N–H and O–H groups in total. The Balaban J connectivity index is 2.05. The summed E-state index contributed by atoms with van der Waals surface area (Å²) >= 11 is 0. The first-order valence-corrected chi connectivity index (χ1v) is 9.49. The molecule has 0 amide bonds. The zero-order valence-corrected chi connectivity index (χ0v) is 16.5. The summed E-state index contributed by atoms with van der Waals surface area (Å²) in [7, 11) is 4.15. The highest BCUT2D eigenvalue weighted by Gasteiger charge is 2.42. The highest BCUT2D eigenvalue weighted by atomic mass is 16.5. The lowest BCUT2D eigenvalue weighted by atomic mass is 9.91. The van der Waals surface area contributed by atoms with Gasteiger partial charge in [-0.1, -0.05) is 0 Å². The smallest absolute Gasteiger partial charge is 0.318 e. The average Bonchev–Trinajstić information content (AvgIpc) is 2.89. The molecule has 26 heavy (non-hydrogen) atoms. The zero-order valence-electron chi connectivity index (χ0n) is 16.5. The largest absolute Gasteiger partial charge is 0.465 e. The first-order chi connectivity index (χ1) is 12.4. The quantitative estimate of drug-likeness (QED) is 0.594. The molecule has 1 aromatic rings. The van der Waals surface area contributed by atoms with Crippen LogP contribution in [-0.4, -0.2) is 74.1 Å². The van der Waals surface area contributed by atoms with E-state index in [1.165, 1.54) is 0 Å². The highest BCUT2D eigenvalue weighted by molar-refractivity contribution is 6.16. The number of hydrogen-bond acceptors (Lipinski definition) is 6. The molecule has 0 aliphatic carbocycles. The molecule has 0 saturated carbocycles. The molecule has 2 aliphatic rings. The lowest BCUT2D eigenvalue weighted by Crippen LogP contribution is -2.47. The second-order valence-electron chi connectivity index (χ2n) is 7.19. The predicted molar refractivity (Wildman–Crippen MR) is 102 cm³/mol. The van der Waals surface area contributed by atoms with Crippen LogP contribution in [0.2, 0.25) is 0 Å². The molecular formula is C19H30N4O3. The van der Waals surface area contributed by atoms with Crippen LogP contribution < -0.4 is 9.80 Å². The van der Waals surface area contributed by atoms with Gasteiger partial charge in [-0.15, -0.1) is 0 Å². The van der Waals surface area contributed by atoms with Crippen molar-refractivity contribution in [2.45, 2.75) is 20.8 Å². The molecule has 1 fully saturated rings. The standard InChI is InChI=1S/C19H30N4O3/c1-6-22-12-14(19(25)26-7-2)17(24)15-13(3)21(5)18(16(15)22)23-10-8-20(4)9-11-23/h14H,6-12H2,1-5H3. The first kappa shape index (κ1) is 18.8. The van der Waals surface area contributed by atoms with Gasteiger partial charge in [-0.05, 0) is 27.8 Å². The maximum absolute atomic E-state index is 13.1. The fraction of sp³-hybridized carbons (Fsp3) is 0.684. The fourth-order valence-corrected chi connectivity index (χ4v) is 4.02. The van der Waals surface area contributed by atoms with Crippen LogP contribution in [0.15, 0.2) is 0 Å². The van der Waals surface area contributed by atoms with Gasteiger partial charge in [-0.3, -0.25) is 9.59 Å². The summed E-state index contributed by atoms with van der Waals surface area (Å²) in [4.78, 5) is 32.3. The van der Waals surface area contributed by atoms with E-state index in [0.29, 0.717) is 18.7 Å². The van der Waals surface area contributed by atoms with E-state index in [0.717, 1.165) is 49.9 Å². The number of ether oxygens (including phenoxy) is 1. The van der Waals surface area contributed by atoms with Gasteiger partial charge in [0, 0.05) is 52.0 Å². The topological polar surface area (TPSA) is 58.0 Å².